The second kappa shape index (κ2) is 9.61. The Hall–Kier alpha value is -4.05. The van der Waals surface area contributed by atoms with E-state index in [1.165, 1.54) is 17.4 Å². The van der Waals surface area contributed by atoms with Gasteiger partial charge in [-0.25, -0.2) is 9.18 Å². The minimum Gasteiger partial charge on any atom is -0.329 e. The maximum atomic E-state index is 14.0. The number of urea groups is 1. The van der Waals surface area contributed by atoms with Crippen molar-refractivity contribution in [3.8, 4) is 10.4 Å². The van der Waals surface area contributed by atoms with Gasteiger partial charge in [-0.3, -0.25) is 19.3 Å². The molecule has 1 fully saturated rings. The van der Waals surface area contributed by atoms with Crippen LogP contribution in [0.25, 0.3) is 10.4 Å². The average Bonchev–Trinajstić information content (AvgIpc) is 3.41. The molecule has 0 radical (unpaired) electrons. The third kappa shape index (κ3) is 5.24. The third-order valence-corrected chi connectivity index (χ3v) is 6.01. The van der Waals surface area contributed by atoms with Gasteiger partial charge in [0.15, 0.2) is 0 Å². The van der Waals surface area contributed by atoms with E-state index in [0.717, 1.165) is 4.90 Å². The fourth-order valence-corrected chi connectivity index (χ4v) is 4.14. The molecule has 0 bridgehead atoms. The van der Waals surface area contributed by atoms with Crippen LogP contribution in [0.5, 0.6) is 0 Å². The predicted molar refractivity (Wildman–Crippen MR) is 122 cm³/mol. The minimum atomic E-state index is -0.500. The van der Waals surface area contributed by atoms with Crippen LogP contribution in [-0.4, -0.2) is 41.7 Å². The Bertz CT molecular complexity index is 1210. The van der Waals surface area contributed by atoms with E-state index in [-0.39, 0.29) is 43.0 Å². The number of benzene rings is 2. The number of nitrogens with zero attached hydrogens (tertiary/aromatic N) is 1. The lowest BCUT2D eigenvalue weighted by atomic mass is 10.2. The third-order valence-electron chi connectivity index (χ3n) is 4.90. The summed E-state index contributed by atoms with van der Waals surface area (Å²) < 4.78 is 14.0. The van der Waals surface area contributed by atoms with Gasteiger partial charge in [0.1, 0.15) is 5.82 Å². The molecular weight excluding hydrogens is 447 g/mol. The van der Waals surface area contributed by atoms with Crippen molar-refractivity contribution in [1.29, 1.82) is 0 Å². The summed E-state index contributed by atoms with van der Waals surface area (Å²) in [5.74, 6) is -1.38. The van der Waals surface area contributed by atoms with Crippen molar-refractivity contribution >= 4 is 46.5 Å². The van der Waals surface area contributed by atoms with Crippen LogP contribution < -0.4 is 16.0 Å². The second-order valence-corrected chi connectivity index (χ2v) is 8.26. The number of carbonyl (C=O) groups excluding carboxylic acids is 4. The summed E-state index contributed by atoms with van der Waals surface area (Å²) in [6, 6.07) is 15.7. The number of carbonyl (C=O) groups is 4. The number of amides is 5. The van der Waals surface area contributed by atoms with Gasteiger partial charge in [-0.2, -0.15) is 0 Å². The first-order valence-corrected chi connectivity index (χ1v) is 10.9. The normalized spacial score (nSPS) is 13.1. The molecule has 0 spiro atoms. The molecule has 1 aliphatic heterocycles. The molecule has 0 saturated carbocycles. The highest BCUT2D eigenvalue weighted by Crippen LogP contribution is 2.30. The van der Waals surface area contributed by atoms with Crippen molar-refractivity contribution in [2.24, 2.45) is 0 Å². The molecule has 33 heavy (non-hydrogen) atoms. The van der Waals surface area contributed by atoms with Crippen LogP contribution in [-0.2, 0) is 9.59 Å². The molecule has 5 amide bonds. The standard InChI is InChI=1S/C23H19FN4O4S/c24-17-4-2-1-3-16(17)18-9-10-19(33-18)22(31)27-15-7-5-14(6-8-15)26-20(29)11-12-28-21(30)13-25-23(28)32/h1-10H,11-13H2,(H,25,32)(H,26,29)(H,27,31). The zero-order valence-corrected chi connectivity index (χ0v) is 18.1. The number of hydrogen-bond donors (Lipinski definition) is 3. The first-order chi connectivity index (χ1) is 15.9. The number of rotatable bonds is 7. The monoisotopic (exact) mass is 466 g/mol. The van der Waals surface area contributed by atoms with Crippen LogP contribution in [0.2, 0.25) is 0 Å². The number of halogens is 1. The summed E-state index contributed by atoms with van der Waals surface area (Å²) in [4.78, 5) is 49.7. The van der Waals surface area contributed by atoms with Gasteiger partial charge in [-0.15, -0.1) is 11.3 Å². The van der Waals surface area contributed by atoms with E-state index in [2.05, 4.69) is 16.0 Å². The number of imide groups is 1. The molecule has 168 valence electrons. The number of thiophene rings is 1. The largest absolute Gasteiger partial charge is 0.329 e. The summed E-state index contributed by atoms with van der Waals surface area (Å²) >= 11 is 1.19. The molecule has 1 aromatic heterocycles. The van der Waals surface area contributed by atoms with Gasteiger partial charge in [-0.1, -0.05) is 18.2 Å². The van der Waals surface area contributed by atoms with Crippen molar-refractivity contribution in [1.82, 2.24) is 10.2 Å². The first-order valence-electron chi connectivity index (χ1n) is 10.0. The minimum absolute atomic E-state index is 0.000321. The van der Waals surface area contributed by atoms with Crippen molar-refractivity contribution < 1.29 is 23.6 Å². The van der Waals surface area contributed by atoms with E-state index in [4.69, 9.17) is 0 Å². The van der Waals surface area contributed by atoms with Crippen molar-refractivity contribution in [3.05, 3.63) is 71.4 Å². The van der Waals surface area contributed by atoms with Crippen LogP contribution in [0.3, 0.4) is 0 Å². The maximum Gasteiger partial charge on any atom is 0.324 e. The molecule has 0 atom stereocenters. The summed E-state index contributed by atoms with van der Waals surface area (Å²) in [5.41, 5.74) is 1.47. The van der Waals surface area contributed by atoms with E-state index in [0.29, 0.717) is 26.7 Å². The first kappa shape index (κ1) is 22.2. The molecule has 3 N–H and O–H groups in total. The number of anilines is 2. The molecule has 4 rings (SSSR count). The number of hydrogen-bond acceptors (Lipinski definition) is 5. The van der Waals surface area contributed by atoms with E-state index >= 15 is 0 Å². The van der Waals surface area contributed by atoms with Crippen LogP contribution >= 0.6 is 11.3 Å². The Morgan fingerprint density at radius 2 is 1.67 bits per heavy atom. The average molecular weight is 466 g/mol. The molecule has 10 heteroatoms. The molecule has 0 unspecified atom stereocenters. The van der Waals surface area contributed by atoms with Gasteiger partial charge in [0.25, 0.3) is 5.91 Å². The molecule has 0 aliphatic carbocycles. The van der Waals surface area contributed by atoms with Crippen LogP contribution in [0, 0.1) is 5.82 Å². The zero-order valence-electron chi connectivity index (χ0n) is 17.3. The Labute approximate surface area is 192 Å². The Morgan fingerprint density at radius 1 is 0.970 bits per heavy atom. The van der Waals surface area contributed by atoms with Crippen LogP contribution in [0.4, 0.5) is 20.6 Å². The molecule has 3 aromatic rings. The van der Waals surface area contributed by atoms with E-state index in [1.807, 2.05) is 0 Å². The lowest BCUT2D eigenvalue weighted by molar-refractivity contribution is -0.125. The van der Waals surface area contributed by atoms with Crippen molar-refractivity contribution in [2.45, 2.75) is 6.42 Å². The fourth-order valence-electron chi connectivity index (χ4n) is 3.21. The van der Waals surface area contributed by atoms with Gasteiger partial charge in [0.2, 0.25) is 11.8 Å². The smallest absolute Gasteiger partial charge is 0.324 e. The van der Waals surface area contributed by atoms with Crippen LogP contribution in [0.15, 0.2) is 60.7 Å². The van der Waals surface area contributed by atoms with Gasteiger partial charge in [-0.05, 0) is 42.5 Å². The molecule has 1 aliphatic rings. The lowest BCUT2D eigenvalue weighted by Gasteiger charge is -2.12. The summed E-state index contributed by atoms with van der Waals surface area (Å²) in [6.45, 7) is -0.0517. The highest BCUT2D eigenvalue weighted by atomic mass is 32.1. The Kier molecular flexibility index (Phi) is 6.45. The molecule has 2 aromatic carbocycles. The van der Waals surface area contributed by atoms with E-state index in [1.54, 1.807) is 54.6 Å². The van der Waals surface area contributed by atoms with Gasteiger partial charge < -0.3 is 16.0 Å². The maximum absolute atomic E-state index is 14.0. The fraction of sp³-hybridized carbons (Fsp3) is 0.130. The molecule has 2 heterocycles. The summed E-state index contributed by atoms with van der Waals surface area (Å²) in [7, 11) is 0. The van der Waals surface area contributed by atoms with Gasteiger partial charge >= 0.3 is 6.03 Å². The van der Waals surface area contributed by atoms with Crippen LogP contribution in [0.1, 0.15) is 16.1 Å². The summed E-state index contributed by atoms with van der Waals surface area (Å²) in [6.07, 6.45) is -0.0274. The van der Waals surface area contributed by atoms with Gasteiger partial charge in [0, 0.05) is 34.8 Å². The second-order valence-electron chi connectivity index (χ2n) is 7.18. The molecule has 8 nitrogen and oxygen atoms in total. The molecular formula is C23H19FN4O4S. The topological polar surface area (TPSA) is 108 Å². The lowest BCUT2D eigenvalue weighted by Crippen LogP contribution is -2.33. The molecule has 1 saturated heterocycles. The van der Waals surface area contributed by atoms with E-state index in [9.17, 15) is 23.6 Å². The quantitative estimate of drug-likeness (QED) is 0.462. The van der Waals surface area contributed by atoms with Crippen molar-refractivity contribution in [3.63, 3.8) is 0 Å². The van der Waals surface area contributed by atoms with Gasteiger partial charge in [0.05, 0.1) is 11.4 Å². The summed E-state index contributed by atoms with van der Waals surface area (Å²) in [5, 5.41) is 7.84. The SMILES string of the molecule is O=C(CCN1C(=O)CNC1=O)Nc1ccc(NC(=O)c2ccc(-c3ccccc3F)s2)cc1. The zero-order chi connectivity index (χ0) is 23.4. The highest BCUT2D eigenvalue weighted by Gasteiger charge is 2.28. The number of nitrogens with one attached hydrogen (secondary N) is 3. The highest BCUT2D eigenvalue weighted by molar-refractivity contribution is 7.17. The predicted octanol–water partition coefficient (Wildman–Crippen LogP) is 3.69. The van der Waals surface area contributed by atoms with E-state index < -0.39 is 6.03 Å². The van der Waals surface area contributed by atoms with Crippen molar-refractivity contribution in [2.75, 3.05) is 23.7 Å². The Balaban J connectivity index is 1.31. The Morgan fingerprint density at radius 3 is 2.33 bits per heavy atom.